The smallest absolute Gasteiger partial charge is 0.101 e. The van der Waals surface area contributed by atoms with Crippen LogP contribution in [0.3, 0.4) is 0 Å². The summed E-state index contributed by atoms with van der Waals surface area (Å²) in [6.45, 7) is 0. The quantitative estimate of drug-likeness (QED) is 0.747. The zero-order chi connectivity index (χ0) is 9.26. The molecule has 0 saturated carbocycles. The van der Waals surface area contributed by atoms with Gasteiger partial charge in [-0.15, -0.1) is 17.0 Å². The van der Waals surface area contributed by atoms with Gasteiger partial charge in [0.2, 0.25) is 0 Å². The average molecular weight is 314 g/mol. The molecule has 4 heteroatoms. The number of benzene rings is 1. The van der Waals surface area contributed by atoms with Crippen LogP contribution in [0, 0.1) is 11.3 Å². The van der Waals surface area contributed by atoms with E-state index in [9.17, 15) is 0 Å². The van der Waals surface area contributed by atoms with Crippen molar-refractivity contribution in [1.82, 2.24) is 4.98 Å². The van der Waals surface area contributed by atoms with Crippen LogP contribution in [0.2, 0.25) is 0 Å². The van der Waals surface area contributed by atoms with E-state index in [1.165, 1.54) is 0 Å². The van der Waals surface area contributed by atoms with Crippen LogP contribution in [0.15, 0.2) is 34.9 Å². The average Bonchev–Trinajstić information content (AvgIpc) is 2.18. The fourth-order valence-corrected chi connectivity index (χ4v) is 1.67. The van der Waals surface area contributed by atoms with Crippen molar-refractivity contribution >= 4 is 43.8 Å². The molecule has 0 aliphatic carbocycles. The zero-order valence-corrected chi connectivity index (χ0v) is 10.4. The van der Waals surface area contributed by atoms with Crippen molar-refractivity contribution in [3.05, 3.63) is 40.5 Å². The number of fused-ring (bicyclic) bond motifs is 1. The minimum atomic E-state index is 0. The maximum absolute atomic E-state index is 8.91. The highest BCUT2D eigenvalue weighted by atomic mass is 79.9. The first-order valence-corrected chi connectivity index (χ1v) is 4.55. The first-order chi connectivity index (χ1) is 6.33. The summed E-state index contributed by atoms with van der Waals surface area (Å²) >= 11 is 3.33. The minimum absolute atomic E-state index is 0. The maximum Gasteiger partial charge on any atom is 0.101 e. The van der Waals surface area contributed by atoms with Gasteiger partial charge in [-0.25, -0.2) is 0 Å². The lowest BCUT2D eigenvalue weighted by Gasteiger charge is -1.99. The van der Waals surface area contributed by atoms with E-state index in [4.69, 9.17) is 5.26 Å². The molecule has 0 bridgehead atoms. The Hall–Kier alpha value is -0.920. The Labute approximate surface area is 100 Å². The van der Waals surface area contributed by atoms with Crippen molar-refractivity contribution < 1.29 is 0 Å². The van der Waals surface area contributed by atoms with Crippen molar-refractivity contribution in [1.29, 1.82) is 5.26 Å². The molecule has 0 saturated heterocycles. The lowest BCUT2D eigenvalue weighted by molar-refractivity contribution is 1.40. The molecule has 0 fully saturated rings. The second-order valence-electron chi connectivity index (χ2n) is 2.60. The van der Waals surface area contributed by atoms with E-state index in [0.29, 0.717) is 5.56 Å². The summed E-state index contributed by atoms with van der Waals surface area (Å²) in [5, 5.41) is 9.80. The monoisotopic (exact) mass is 312 g/mol. The van der Waals surface area contributed by atoms with Crippen LogP contribution in [0.25, 0.3) is 10.9 Å². The normalized spacial score (nSPS) is 9.14. The largest absolute Gasteiger partial charge is 0.256 e. The summed E-state index contributed by atoms with van der Waals surface area (Å²) < 4.78 is 0.815. The summed E-state index contributed by atoms with van der Waals surface area (Å²) in [4.78, 5) is 4.16. The fraction of sp³-hybridized carbons (Fsp3) is 0. The van der Waals surface area contributed by atoms with E-state index in [-0.39, 0.29) is 17.0 Å². The van der Waals surface area contributed by atoms with Crippen LogP contribution in [-0.2, 0) is 0 Å². The Morgan fingerprint density at radius 2 is 2.07 bits per heavy atom. The van der Waals surface area contributed by atoms with Gasteiger partial charge in [-0.05, 0) is 40.2 Å². The maximum atomic E-state index is 8.91. The van der Waals surface area contributed by atoms with Crippen molar-refractivity contribution in [2.45, 2.75) is 0 Å². The first-order valence-electron chi connectivity index (χ1n) is 3.76. The molecule has 0 radical (unpaired) electrons. The Morgan fingerprint density at radius 1 is 1.29 bits per heavy atom. The second-order valence-corrected chi connectivity index (χ2v) is 3.46. The van der Waals surface area contributed by atoms with Crippen LogP contribution >= 0.6 is 32.9 Å². The van der Waals surface area contributed by atoms with E-state index >= 15 is 0 Å². The molecule has 70 valence electrons. The number of hydrogen-bond acceptors (Lipinski definition) is 2. The van der Waals surface area contributed by atoms with Crippen molar-refractivity contribution in [2.75, 3.05) is 0 Å². The van der Waals surface area contributed by atoms with Gasteiger partial charge in [-0.2, -0.15) is 5.26 Å². The van der Waals surface area contributed by atoms with Crippen LogP contribution in [0.1, 0.15) is 5.56 Å². The molecule has 2 aromatic rings. The molecule has 1 heterocycles. The molecule has 1 aromatic carbocycles. The molecule has 0 N–H and O–H groups in total. The molecule has 2 nitrogen and oxygen atoms in total. The number of nitrogens with zero attached hydrogens (tertiary/aromatic N) is 2. The third-order valence-corrected chi connectivity index (χ3v) is 2.51. The van der Waals surface area contributed by atoms with E-state index < -0.39 is 0 Å². The second kappa shape index (κ2) is 4.54. The molecule has 2 rings (SSSR count). The molecule has 0 spiro atoms. The Bertz CT molecular complexity index is 503. The highest BCUT2D eigenvalue weighted by molar-refractivity contribution is 9.10. The molecule has 0 amide bonds. The summed E-state index contributed by atoms with van der Waals surface area (Å²) in [6.07, 6.45) is 1.72. The molecule has 0 atom stereocenters. The number of nitriles is 1. The summed E-state index contributed by atoms with van der Waals surface area (Å²) in [5.74, 6) is 0. The van der Waals surface area contributed by atoms with Crippen LogP contribution in [0.4, 0.5) is 0 Å². The van der Waals surface area contributed by atoms with E-state index in [0.717, 1.165) is 15.4 Å². The van der Waals surface area contributed by atoms with Gasteiger partial charge in [0, 0.05) is 16.1 Å². The predicted octanol–water partition coefficient (Wildman–Crippen LogP) is 3.45. The third-order valence-electron chi connectivity index (χ3n) is 1.85. The summed E-state index contributed by atoms with van der Waals surface area (Å²) in [6, 6.07) is 9.61. The van der Waals surface area contributed by atoms with E-state index in [2.05, 4.69) is 27.0 Å². The number of aromatic nitrogens is 1. The molecule has 14 heavy (non-hydrogen) atoms. The number of halogens is 2. The topological polar surface area (TPSA) is 36.7 Å². The molecule has 0 aliphatic heterocycles. The van der Waals surface area contributed by atoms with Gasteiger partial charge in [0.05, 0.1) is 11.1 Å². The summed E-state index contributed by atoms with van der Waals surface area (Å²) in [5.41, 5.74) is 1.49. The molecular formula is C10H6Br2N2. The Kier molecular flexibility index (Phi) is 3.62. The van der Waals surface area contributed by atoms with Gasteiger partial charge in [-0.3, -0.25) is 4.98 Å². The fourth-order valence-electron chi connectivity index (χ4n) is 1.24. The Balaban J connectivity index is 0.000000980. The SMILES string of the molecule is Br.N#Cc1c(Br)ccc2ncccc12. The van der Waals surface area contributed by atoms with Gasteiger partial charge >= 0.3 is 0 Å². The van der Waals surface area contributed by atoms with E-state index in [1.807, 2.05) is 24.3 Å². The van der Waals surface area contributed by atoms with Gasteiger partial charge in [0.25, 0.3) is 0 Å². The number of rotatable bonds is 0. The zero-order valence-electron chi connectivity index (χ0n) is 7.07. The summed E-state index contributed by atoms with van der Waals surface area (Å²) in [7, 11) is 0. The standard InChI is InChI=1S/C10H5BrN2.BrH/c11-9-3-4-10-7(8(9)6-12)2-1-5-13-10;/h1-5H;1H. The van der Waals surface area contributed by atoms with Crippen molar-refractivity contribution in [3.8, 4) is 6.07 Å². The molecule has 1 aromatic heterocycles. The van der Waals surface area contributed by atoms with Crippen LogP contribution in [0.5, 0.6) is 0 Å². The first kappa shape index (κ1) is 11.2. The van der Waals surface area contributed by atoms with E-state index in [1.54, 1.807) is 6.20 Å². The lowest BCUT2D eigenvalue weighted by atomic mass is 10.1. The van der Waals surface area contributed by atoms with Gasteiger partial charge < -0.3 is 0 Å². The molecule has 0 unspecified atom stereocenters. The van der Waals surface area contributed by atoms with Gasteiger partial charge in [0.15, 0.2) is 0 Å². The highest BCUT2D eigenvalue weighted by Crippen LogP contribution is 2.23. The van der Waals surface area contributed by atoms with Crippen molar-refractivity contribution in [3.63, 3.8) is 0 Å². The Morgan fingerprint density at radius 3 is 2.79 bits per heavy atom. The van der Waals surface area contributed by atoms with Gasteiger partial charge in [0.1, 0.15) is 6.07 Å². The lowest BCUT2D eigenvalue weighted by Crippen LogP contribution is -1.83. The van der Waals surface area contributed by atoms with Crippen LogP contribution in [-0.4, -0.2) is 4.98 Å². The third kappa shape index (κ3) is 1.79. The van der Waals surface area contributed by atoms with Gasteiger partial charge in [-0.1, -0.05) is 0 Å². The molecule has 0 aliphatic rings. The number of hydrogen-bond donors (Lipinski definition) is 0. The highest BCUT2D eigenvalue weighted by Gasteiger charge is 2.04. The predicted molar refractivity (Wildman–Crippen MR) is 64.5 cm³/mol. The number of pyridine rings is 1. The van der Waals surface area contributed by atoms with Crippen LogP contribution < -0.4 is 0 Å². The van der Waals surface area contributed by atoms with Crippen molar-refractivity contribution in [2.24, 2.45) is 0 Å². The minimum Gasteiger partial charge on any atom is -0.256 e. The molecular weight excluding hydrogens is 308 g/mol.